The topological polar surface area (TPSA) is 15.3 Å². The summed E-state index contributed by atoms with van der Waals surface area (Å²) in [6, 6.07) is -0.827. The molecule has 0 bridgehead atoms. The zero-order valence-electron chi connectivity index (χ0n) is 12.5. The molecule has 1 N–H and O–H groups in total. The zero-order chi connectivity index (χ0) is 16.4. The van der Waals surface area contributed by atoms with Crippen molar-refractivity contribution < 1.29 is 22.0 Å². The number of rotatable bonds is 4. The Labute approximate surface area is 126 Å². The van der Waals surface area contributed by atoms with E-state index in [9.17, 15) is 22.0 Å². The second-order valence-electron chi connectivity index (χ2n) is 5.91. The van der Waals surface area contributed by atoms with E-state index < -0.39 is 40.7 Å². The molecule has 124 valence electrons. The predicted octanol–water partition coefficient (Wildman–Crippen LogP) is 3.37. The second-order valence-corrected chi connectivity index (χ2v) is 5.91. The third-order valence-electron chi connectivity index (χ3n) is 3.86. The Morgan fingerprint density at radius 2 is 1.32 bits per heavy atom. The van der Waals surface area contributed by atoms with Crippen molar-refractivity contribution in [2.75, 3.05) is 26.2 Å². The van der Waals surface area contributed by atoms with Crippen molar-refractivity contribution in [2.45, 2.75) is 26.3 Å². The minimum Gasteiger partial charge on any atom is -0.314 e. The van der Waals surface area contributed by atoms with Gasteiger partial charge in [0.2, 0.25) is 5.82 Å². The summed E-state index contributed by atoms with van der Waals surface area (Å²) in [6.45, 7) is 5.92. The molecule has 1 saturated heterocycles. The van der Waals surface area contributed by atoms with Crippen molar-refractivity contribution in [1.82, 2.24) is 10.2 Å². The fourth-order valence-corrected chi connectivity index (χ4v) is 2.80. The lowest BCUT2D eigenvalue weighted by Crippen LogP contribution is -2.46. The van der Waals surface area contributed by atoms with E-state index in [-0.39, 0.29) is 5.92 Å². The molecule has 1 fully saturated rings. The summed E-state index contributed by atoms with van der Waals surface area (Å²) in [6.07, 6.45) is 0.318. The van der Waals surface area contributed by atoms with Gasteiger partial charge in [0.1, 0.15) is 0 Å². The van der Waals surface area contributed by atoms with E-state index in [2.05, 4.69) is 5.32 Å². The van der Waals surface area contributed by atoms with Gasteiger partial charge >= 0.3 is 0 Å². The molecule has 0 aliphatic carbocycles. The Balaban J connectivity index is 2.51. The Morgan fingerprint density at radius 1 is 0.864 bits per heavy atom. The number of hydrogen-bond acceptors (Lipinski definition) is 2. The summed E-state index contributed by atoms with van der Waals surface area (Å²) in [7, 11) is 0. The molecule has 0 unspecified atom stereocenters. The molecule has 1 aromatic carbocycles. The number of hydrogen-bond donors (Lipinski definition) is 1. The van der Waals surface area contributed by atoms with E-state index in [4.69, 9.17) is 0 Å². The molecule has 2 nitrogen and oxygen atoms in total. The van der Waals surface area contributed by atoms with Crippen LogP contribution in [0.15, 0.2) is 0 Å². The first-order valence-corrected chi connectivity index (χ1v) is 7.30. The van der Waals surface area contributed by atoms with Crippen molar-refractivity contribution in [1.29, 1.82) is 0 Å². The summed E-state index contributed by atoms with van der Waals surface area (Å²) < 4.78 is 68.4. The lowest BCUT2D eigenvalue weighted by Gasteiger charge is -2.36. The van der Waals surface area contributed by atoms with E-state index in [0.29, 0.717) is 32.6 Å². The normalized spacial score (nSPS) is 18.0. The van der Waals surface area contributed by atoms with Gasteiger partial charge in [-0.2, -0.15) is 0 Å². The molecule has 0 aromatic heterocycles. The van der Waals surface area contributed by atoms with Gasteiger partial charge in [0.25, 0.3) is 0 Å². The smallest absolute Gasteiger partial charge is 0.200 e. The van der Waals surface area contributed by atoms with Gasteiger partial charge < -0.3 is 5.32 Å². The maximum Gasteiger partial charge on any atom is 0.200 e. The first-order chi connectivity index (χ1) is 10.3. The molecule has 0 amide bonds. The molecule has 1 atom stereocenters. The van der Waals surface area contributed by atoms with Crippen molar-refractivity contribution >= 4 is 0 Å². The molecule has 1 aromatic rings. The van der Waals surface area contributed by atoms with Gasteiger partial charge in [0, 0.05) is 37.8 Å². The van der Waals surface area contributed by atoms with Crippen LogP contribution in [-0.2, 0) is 0 Å². The third kappa shape index (κ3) is 3.25. The van der Waals surface area contributed by atoms with Crippen molar-refractivity contribution in [2.24, 2.45) is 5.92 Å². The number of nitrogens with one attached hydrogen (secondary N) is 1. The lowest BCUT2D eigenvalue weighted by molar-refractivity contribution is 0.145. The highest BCUT2D eigenvalue weighted by Gasteiger charge is 2.34. The summed E-state index contributed by atoms with van der Waals surface area (Å²) in [5, 5.41) is 3.10. The van der Waals surface area contributed by atoms with Gasteiger partial charge in [-0.15, -0.1) is 0 Å². The average molecular weight is 322 g/mol. The average Bonchev–Trinajstić information content (AvgIpc) is 2.50. The molecule has 1 aliphatic heterocycles. The van der Waals surface area contributed by atoms with Gasteiger partial charge in [0.15, 0.2) is 23.3 Å². The Morgan fingerprint density at radius 3 is 1.77 bits per heavy atom. The summed E-state index contributed by atoms with van der Waals surface area (Å²) in [4.78, 5) is 1.77. The van der Waals surface area contributed by atoms with Crippen LogP contribution in [0.2, 0.25) is 0 Å². The van der Waals surface area contributed by atoms with Crippen LogP contribution < -0.4 is 5.32 Å². The van der Waals surface area contributed by atoms with Crippen LogP contribution in [0.4, 0.5) is 22.0 Å². The maximum absolute atomic E-state index is 14.1. The van der Waals surface area contributed by atoms with Gasteiger partial charge in [-0.05, 0) is 12.3 Å². The van der Waals surface area contributed by atoms with Gasteiger partial charge in [-0.1, -0.05) is 13.8 Å². The fourth-order valence-electron chi connectivity index (χ4n) is 2.80. The highest BCUT2D eigenvalue weighted by Crippen LogP contribution is 2.35. The SMILES string of the molecule is CC(C)C[C@@H](c1c(F)c(F)c(F)c(F)c1F)N1CCNCC1. The van der Waals surface area contributed by atoms with Crippen molar-refractivity contribution in [3.05, 3.63) is 34.6 Å². The molecule has 1 heterocycles. The molecular formula is C15H19F5N2. The fraction of sp³-hybridized carbons (Fsp3) is 0.600. The second kappa shape index (κ2) is 6.91. The van der Waals surface area contributed by atoms with Crippen LogP contribution in [0.25, 0.3) is 0 Å². The van der Waals surface area contributed by atoms with E-state index in [1.54, 1.807) is 4.90 Å². The highest BCUT2D eigenvalue weighted by molar-refractivity contribution is 5.27. The van der Waals surface area contributed by atoms with Crippen molar-refractivity contribution in [3.8, 4) is 0 Å². The molecular weight excluding hydrogens is 303 g/mol. The van der Waals surface area contributed by atoms with Crippen LogP contribution in [0.5, 0.6) is 0 Å². The molecule has 22 heavy (non-hydrogen) atoms. The van der Waals surface area contributed by atoms with Crippen LogP contribution >= 0.6 is 0 Å². The summed E-state index contributed by atoms with van der Waals surface area (Å²) in [5.41, 5.74) is -0.716. The minimum absolute atomic E-state index is 0.0508. The maximum atomic E-state index is 14.1. The standard InChI is InChI=1S/C15H19F5N2/c1-8(2)7-9(22-5-3-21-4-6-22)10-11(16)13(18)15(20)14(19)12(10)17/h8-9,21H,3-7H2,1-2H3/t9-/m0/s1. The molecule has 1 aliphatic rings. The number of halogens is 5. The first-order valence-electron chi connectivity index (χ1n) is 7.30. The lowest BCUT2D eigenvalue weighted by atomic mass is 9.93. The zero-order valence-corrected chi connectivity index (χ0v) is 12.5. The Kier molecular flexibility index (Phi) is 5.39. The van der Waals surface area contributed by atoms with E-state index in [1.807, 2.05) is 13.8 Å². The van der Waals surface area contributed by atoms with Crippen LogP contribution in [0.3, 0.4) is 0 Å². The van der Waals surface area contributed by atoms with Crippen molar-refractivity contribution in [3.63, 3.8) is 0 Å². The van der Waals surface area contributed by atoms with Gasteiger partial charge in [-0.3, -0.25) is 4.90 Å². The quantitative estimate of drug-likeness (QED) is 0.519. The molecule has 2 rings (SSSR count). The molecule has 0 radical (unpaired) electrons. The van der Waals surface area contributed by atoms with Crippen LogP contribution in [0, 0.1) is 35.0 Å². The predicted molar refractivity (Wildman–Crippen MR) is 72.9 cm³/mol. The third-order valence-corrected chi connectivity index (χ3v) is 3.86. The van der Waals surface area contributed by atoms with Gasteiger partial charge in [0.05, 0.1) is 0 Å². The minimum atomic E-state index is -2.11. The summed E-state index contributed by atoms with van der Waals surface area (Å²) >= 11 is 0. The Hall–Kier alpha value is -1.21. The number of benzene rings is 1. The van der Waals surface area contributed by atoms with E-state index >= 15 is 0 Å². The first kappa shape index (κ1) is 17.1. The van der Waals surface area contributed by atoms with Crippen LogP contribution in [-0.4, -0.2) is 31.1 Å². The Bertz CT molecular complexity index is 512. The summed E-state index contributed by atoms with van der Waals surface area (Å²) in [5.74, 6) is -9.26. The molecule has 7 heteroatoms. The molecule has 0 saturated carbocycles. The van der Waals surface area contributed by atoms with E-state index in [1.165, 1.54) is 0 Å². The number of piperazine rings is 1. The molecule has 0 spiro atoms. The monoisotopic (exact) mass is 322 g/mol. The largest absolute Gasteiger partial charge is 0.314 e. The highest BCUT2D eigenvalue weighted by atomic mass is 19.2. The number of nitrogens with zero attached hydrogens (tertiary/aromatic N) is 1. The van der Waals surface area contributed by atoms with E-state index in [0.717, 1.165) is 0 Å². The van der Waals surface area contributed by atoms with Gasteiger partial charge in [-0.25, -0.2) is 22.0 Å². The van der Waals surface area contributed by atoms with Crippen LogP contribution in [0.1, 0.15) is 31.9 Å².